The summed E-state index contributed by atoms with van der Waals surface area (Å²) in [6.45, 7) is 1.53. The maximum absolute atomic E-state index is 6.42. The van der Waals surface area contributed by atoms with Gasteiger partial charge in [-0.2, -0.15) is 0 Å². The van der Waals surface area contributed by atoms with Gasteiger partial charge in [0.2, 0.25) is 5.88 Å². The van der Waals surface area contributed by atoms with Gasteiger partial charge >= 0.3 is 0 Å². The van der Waals surface area contributed by atoms with E-state index in [-0.39, 0.29) is 6.10 Å². The number of aryl methyl sites for hydroxylation is 1. The zero-order valence-electron chi connectivity index (χ0n) is 13.3. The predicted molar refractivity (Wildman–Crippen MR) is 90.6 cm³/mol. The summed E-state index contributed by atoms with van der Waals surface area (Å²) in [6, 6.07) is 8.35. The number of nitrogens with zero attached hydrogens (tertiary/aromatic N) is 1. The third-order valence-electron chi connectivity index (χ3n) is 4.83. The van der Waals surface area contributed by atoms with Gasteiger partial charge in [0.1, 0.15) is 6.10 Å². The van der Waals surface area contributed by atoms with Gasteiger partial charge in [0.25, 0.3) is 0 Å². The van der Waals surface area contributed by atoms with Crippen molar-refractivity contribution in [1.29, 1.82) is 0 Å². The standard InChI is InChI=1S/C19H22N2O2/c20-19-16-3-1-2-13(16)4-5-17(19)14-6-9-21-18(12-14)23-15-7-10-22-11-8-15/h4-6,9,12,15H,1-3,7-8,10-11,20H2. The number of aromatic nitrogens is 1. The van der Waals surface area contributed by atoms with Crippen molar-refractivity contribution in [1.82, 2.24) is 4.98 Å². The number of hydrogen-bond donors (Lipinski definition) is 1. The number of hydrogen-bond acceptors (Lipinski definition) is 4. The van der Waals surface area contributed by atoms with Crippen molar-refractivity contribution in [3.05, 3.63) is 41.6 Å². The summed E-state index contributed by atoms with van der Waals surface area (Å²) in [7, 11) is 0. The van der Waals surface area contributed by atoms with E-state index < -0.39 is 0 Å². The van der Waals surface area contributed by atoms with Crippen LogP contribution in [0.1, 0.15) is 30.4 Å². The van der Waals surface area contributed by atoms with E-state index >= 15 is 0 Å². The van der Waals surface area contributed by atoms with Crippen molar-refractivity contribution in [2.75, 3.05) is 18.9 Å². The van der Waals surface area contributed by atoms with E-state index in [2.05, 4.69) is 17.1 Å². The Kier molecular flexibility index (Phi) is 3.92. The fourth-order valence-electron chi connectivity index (χ4n) is 3.55. The molecule has 2 aliphatic rings. The smallest absolute Gasteiger partial charge is 0.214 e. The van der Waals surface area contributed by atoms with Crippen LogP contribution in [0.2, 0.25) is 0 Å². The van der Waals surface area contributed by atoms with E-state index in [1.54, 1.807) is 6.20 Å². The van der Waals surface area contributed by atoms with Gasteiger partial charge in [0, 0.05) is 36.4 Å². The number of rotatable bonds is 3. The minimum Gasteiger partial charge on any atom is -0.474 e. The second kappa shape index (κ2) is 6.20. The molecule has 1 saturated heterocycles. The minimum atomic E-state index is 0.198. The first-order chi connectivity index (χ1) is 11.3. The van der Waals surface area contributed by atoms with Gasteiger partial charge < -0.3 is 15.2 Å². The molecule has 1 fully saturated rings. The average molecular weight is 310 g/mol. The van der Waals surface area contributed by atoms with E-state index in [1.807, 2.05) is 12.1 Å². The quantitative estimate of drug-likeness (QED) is 0.883. The maximum atomic E-state index is 6.42. The highest BCUT2D eigenvalue weighted by atomic mass is 16.5. The molecule has 4 rings (SSSR count). The second-order valence-corrected chi connectivity index (χ2v) is 6.33. The normalized spacial score (nSPS) is 17.9. The zero-order chi connectivity index (χ0) is 15.6. The van der Waals surface area contributed by atoms with Crippen molar-refractivity contribution in [3.8, 4) is 17.0 Å². The number of nitrogens with two attached hydrogens (primary N) is 1. The second-order valence-electron chi connectivity index (χ2n) is 6.33. The number of nitrogen functional groups attached to an aromatic ring is 1. The maximum Gasteiger partial charge on any atom is 0.214 e. The molecular formula is C19H22N2O2. The van der Waals surface area contributed by atoms with Crippen LogP contribution < -0.4 is 10.5 Å². The lowest BCUT2D eigenvalue weighted by atomic mass is 9.98. The number of pyridine rings is 1. The van der Waals surface area contributed by atoms with E-state index in [4.69, 9.17) is 15.2 Å². The van der Waals surface area contributed by atoms with E-state index in [1.165, 1.54) is 17.5 Å². The highest BCUT2D eigenvalue weighted by molar-refractivity contribution is 5.80. The number of benzene rings is 1. The summed E-state index contributed by atoms with van der Waals surface area (Å²) in [5, 5.41) is 0. The molecule has 2 aromatic rings. The van der Waals surface area contributed by atoms with Crippen LogP contribution in [0.4, 0.5) is 5.69 Å². The Labute approximate surface area is 136 Å². The lowest BCUT2D eigenvalue weighted by Crippen LogP contribution is -2.26. The summed E-state index contributed by atoms with van der Waals surface area (Å²) >= 11 is 0. The van der Waals surface area contributed by atoms with Crippen LogP contribution in [-0.2, 0) is 17.6 Å². The molecule has 0 bridgehead atoms. The van der Waals surface area contributed by atoms with Crippen molar-refractivity contribution in [3.63, 3.8) is 0 Å². The molecule has 0 saturated carbocycles. The van der Waals surface area contributed by atoms with Crippen molar-refractivity contribution >= 4 is 5.69 Å². The molecule has 0 radical (unpaired) electrons. The molecular weight excluding hydrogens is 288 g/mol. The minimum absolute atomic E-state index is 0.198. The molecule has 1 aromatic heterocycles. The molecule has 1 aliphatic carbocycles. The Morgan fingerprint density at radius 2 is 2.00 bits per heavy atom. The molecule has 0 amide bonds. The summed E-state index contributed by atoms with van der Waals surface area (Å²) in [5.41, 5.74) is 12.2. The van der Waals surface area contributed by atoms with Crippen LogP contribution in [-0.4, -0.2) is 24.3 Å². The molecule has 120 valence electrons. The lowest BCUT2D eigenvalue weighted by Gasteiger charge is -2.23. The molecule has 1 aromatic carbocycles. The SMILES string of the molecule is Nc1c(-c2ccnc(OC3CCOCC3)c2)ccc2c1CCC2. The molecule has 4 heteroatoms. The van der Waals surface area contributed by atoms with Gasteiger partial charge in [-0.05, 0) is 42.0 Å². The zero-order valence-corrected chi connectivity index (χ0v) is 13.3. The molecule has 0 spiro atoms. The largest absolute Gasteiger partial charge is 0.474 e. The highest BCUT2D eigenvalue weighted by Crippen LogP contribution is 2.36. The summed E-state index contributed by atoms with van der Waals surface area (Å²) < 4.78 is 11.4. The molecule has 2 N–H and O–H groups in total. The fourth-order valence-corrected chi connectivity index (χ4v) is 3.55. The van der Waals surface area contributed by atoms with E-state index in [0.29, 0.717) is 5.88 Å². The van der Waals surface area contributed by atoms with E-state index in [9.17, 15) is 0 Å². The predicted octanol–water partition coefficient (Wildman–Crippen LogP) is 3.38. The van der Waals surface area contributed by atoms with Crippen LogP contribution in [0.5, 0.6) is 5.88 Å². The van der Waals surface area contributed by atoms with Gasteiger partial charge in [-0.3, -0.25) is 0 Å². The van der Waals surface area contributed by atoms with Gasteiger partial charge in [-0.15, -0.1) is 0 Å². The third kappa shape index (κ3) is 2.91. The van der Waals surface area contributed by atoms with Crippen molar-refractivity contribution in [2.24, 2.45) is 0 Å². The molecule has 4 nitrogen and oxygen atoms in total. The first-order valence-corrected chi connectivity index (χ1v) is 8.42. The Morgan fingerprint density at radius 3 is 2.87 bits per heavy atom. The fraction of sp³-hybridized carbons (Fsp3) is 0.421. The molecule has 2 heterocycles. The Morgan fingerprint density at radius 1 is 1.13 bits per heavy atom. The number of fused-ring (bicyclic) bond motifs is 1. The topological polar surface area (TPSA) is 57.4 Å². The van der Waals surface area contributed by atoms with Crippen LogP contribution in [0.15, 0.2) is 30.5 Å². The van der Waals surface area contributed by atoms with Gasteiger partial charge in [-0.25, -0.2) is 4.98 Å². The first kappa shape index (κ1) is 14.5. The van der Waals surface area contributed by atoms with Crippen molar-refractivity contribution in [2.45, 2.75) is 38.2 Å². The van der Waals surface area contributed by atoms with Gasteiger partial charge in [0.05, 0.1) is 13.2 Å². The van der Waals surface area contributed by atoms with Gasteiger partial charge in [0.15, 0.2) is 0 Å². The molecule has 0 atom stereocenters. The van der Waals surface area contributed by atoms with Crippen LogP contribution in [0.25, 0.3) is 11.1 Å². The molecule has 0 unspecified atom stereocenters. The highest BCUT2D eigenvalue weighted by Gasteiger charge is 2.18. The monoisotopic (exact) mass is 310 g/mol. The Bertz CT molecular complexity index is 709. The number of ether oxygens (including phenoxy) is 2. The number of anilines is 1. The van der Waals surface area contributed by atoms with E-state index in [0.717, 1.165) is 55.7 Å². The first-order valence-electron chi connectivity index (χ1n) is 8.42. The summed E-state index contributed by atoms with van der Waals surface area (Å²) in [5.74, 6) is 0.675. The Balaban J connectivity index is 1.61. The van der Waals surface area contributed by atoms with Crippen LogP contribution in [0, 0.1) is 0 Å². The van der Waals surface area contributed by atoms with Crippen LogP contribution in [0.3, 0.4) is 0 Å². The third-order valence-corrected chi connectivity index (χ3v) is 4.83. The summed E-state index contributed by atoms with van der Waals surface area (Å²) in [6.07, 6.45) is 7.29. The Hall–Kier alpha value is -2.07. The molecule has 1 aliphatic heterocycles. The lowest BCUT2D eigenvalue weighted by molar-refractivity contribution is 0.0237. The van der Waals surface area contributed by atoms with Gasteiger partial charge in [-0.1, -0.05) is 12.1 Å². The van der Waals surface area contributed by atoms with Crippen LogP contribution >= 0.6 is 0 Å². The van der Waals surface area contributed by atoms with Crippen molar-refractivity contribution < 1.29 is 9.47 Å². The summed E-state index contributed by atoms with van der Waals surface area (Å²) in [4.78, 5) is 4.36. The molecule has 23 heavy (non-hydrogen) atoms. The average Bonchev–Trinajstić information content (AvgIpc) is 3.06.